The number of hydrogen-bond acceptors (Lipinski definition) is 3. The average Bonchev–Trinajstić information content (AvgIpc) is 2.83. The Hall–Kier alpha value is -2.50. The van der Waals surface area contributed by atoms with Crippen LogP contribution in [-0.2, 0) is 4.79 Å². The minimum Gasteiger partial charge on any atom is -0.453 e. The highest BCUT2D eigenvalue weighted by Gasteiger charge is 2.18. The molecule has 0 atom stereocenters. The van der Waals surface area contributed by atoms with Gasteiger partial charge in [-0.15, -0.1) is 0 Å². The van der Waals surface area contributed by atoms with Gasteiger partial charge in [0.15, 0.2) is 17.9 Å². The van der Waals surface area contributed by atoms with Crippen LogP contribution in [0.3, 0.4) is 0 Å². The molecule has 0 radical (unpaired) electrons. The van der Waals surface area contributed by atoms with Gasteiger partial charge < -0.3 is 9.73 Å². The smallest absolute Gasteiger partial charge is 0.221 e. The van der Waals surface area contributed by atoms with Gasteiger partial charge in [0.1, 0.15) is 17.3 Å². The number of halogens is 2. The highest BCUT2D eigenvalue weighted by Crippen LogP contribution is 2.30. The zero-order valence-corrected chi connectivity index (χ0v) is 9.87. The highest BCUT2D eigenvalue weighted by atomic mass is 19.1. The Morgan fingerprint density at radius 1 is 1.26 bits per heavy atom. The van der Waals surface area contributed by atoms with Crippen molar-refractivity contribution in [2.45, 2.75) is 6.92 Å². The van der Waals surface area contributed by atoms with Crippen LogP contribution in [-0.4, -0.2) is 12.2 Å². The molecule has 0 aliphatic rings. The molecule has 0 spiro atoms. The van der Waals surface area contributed by atoms with Crippen LogP contribution in [0.4, 0.5) is 14.5 Å². The Morgan fingerprint density at radius 3 is 2.58 bits per heavy atom. The molecule has 19 heavy (non-hydrogen) atoms. The number of nitrogens with one attached hydrogen (secondary N) is 1. The molecule has 1 aromatic carbocycles. The van der Waals surface area contributed by atoms with Crippen molar-refractivity contribution in [3.05, 3.63) is 41.7 Å². The van der Waals surface area contributed by atoms with Gasteiger partial charge in [-0.1, -0.05) is 0 Å². The highest BCUT2D eigenvalue weighted by molar-refractivity contribution is 5.90. The van der Waals surface area contributed by atoms with Crippen molar-refractivity contribution in [1.82, 2.24) is 0 Å². The minimum absolute atomic E-state index is 0.0276. The van der Waals surface area contributed by atoms with Crippen LogP contribution in [0.15, 0.2) is 28.7 Å². The molecule has 1 aromatic heterocycles. The lowest BCUT2D eigenvalue weighted by Crippen LogP contribution is -2.10. The standard InChI is InChI=1S/C13H9F2NO3/c1-7(18)16-13-10(14)4-3-9(12(13)15)11-5-2-8(6-17)19-11/h2-6H,1H3,(H,16,18). The van der Waals surface area contributed by atoms with Crippen molar-refractivity contribution < 1.29 is 22.8 Å². The molecule has 0 fully saturated rings. The molecule has 1 N–H and O–H groups in total. The average molecular weight is 265 g/mol. The molecule has 98 valence electrons. The fraction of sp³-hybridized carbons (Fsp3) is 0.0769. The largest absolute Gasteiger partial charge is 0.453 e. The number of carbonyl (C=O) groups excluding carboxylic acids is 2. The van der Waals surface area contributed by atoms with Crippen LogP contribution < -0.4 is 5.32 Å². The number of rotatable bonds is 3. The molecular formula is C13H9F2NO3. The summed E-state index contributed by atoms with van der Waals surface area (Å²) in [5, 5.41) is 2.07. The Morgan fingerprint density at radius 2 is 2.00 bits per heavy atom. The first-order valence-corrected chi connectivity index (χ1v) is 5.34. The lowest BCUT2D eigenvalue weighted by molar-refractivity contribution is -0.114. The second kappa shape index (κ2) is 5.01. The number of aldehydes is 1. The van der Waals surface area contributed by atoms with E-state index in [-0.39, 0.29) is 17.1 Å². The number of amides is 1. The molecule has 6 heteroatoms. The van der Waals surface area contributed by atoms with E-state index in [4.69, 9.17) is 4.42 Å². The van der Waals surface area contributed by atoms with E-state index in [0.29, 0.717) is 6.29 Å². The summed E-state index contributed by atoms with van der Waals surface area (Å²) in [5.41, 5.74) is -0.590. The van der Waals surface area contributed by atoms with Crippen molar-refractivity contribution in [3.63, 3.8) is 0 Å². The molecule has 1 heterocycles. The maximum absolute atomic E-state index is 14.1. The van der Waals surface area contributed by atoms with Crippen molar-refractivity contribution in [2.75, 3.05) is 5.32 Å². The lowest BCUT2D eigenvalue weighted by atomic mass is 10.1. The molecule has 0 saturated carbocycles. The van der Waals surface area contributed by atoms with Gasteiger partial charge in [-0.3, -0.25) is 9.59 Å². The van der Waals surface area contributed by atoms with Gasteiger partial charge in [0, 0.05) is 6.92 Å². The van der Waals surface area contributed by atoms with E-state index in [1.807, 2.05) is 0 Å². The Balaban J connectivity index is 2.52. The molecule has 2 aromatic rings. The summed E-state index contributed by atoms with van der Waals surface area (Å²) in [5.74, 6) is -2.34. The Kier molecular flexibility index (Phi) is 3.41. The van der Waals surface area contributed by atoms with Gasteiger partial charge in [0.25, 0.3) is 0 Å². The van der Waals surface area contributed by atoms with E-state index in [1.165, 1.54) is 18.2 Å². The SMILES string of the molecule is CC(=O)Nc1c(F)ccc(-c2ccc(C=O)o2)c1F. The van der Waals surface area contributed by atoms with E-state index in [9.17, 15) is 18.4 Å². The molecule has 4 nitrogen and oxygen atoms in total. The Labute approximate surface area is 107 Å². The first-order valence-electron chi connectivity index (χ1n) is 5.34. The van der Waals surface area contributed by atoms with Crippen LogP contribution in [0, 0.1) is 11.6 Å². The molecule has 1 amide bonds. The van der Waals surface area contributed by atoms with Gasteiger partial charge in [-0.25, -0.2) is 8.78 Å². The summed E-state index contributed by atoms with van der Waals surface area (Å²) in [7, 11) is 0. The monoisotopic (exact) mass is 265 g/mol. The van der Waals surface area contributed by atoms with Gasteiger partial charge in [-0.05, 0) is 24.3 Å². The Bertz CT molecular complexity index is 649. The predicted molar refractivity (Wildman–Crippen MR) is 63.8 cm³/mol. The second-order valence-corrected chi connectivity index (χ2v) is 3.78. The van der Waals surface area contributed by atoms with Crippen molar-refractivity contribution in [2.24, 2.45) is 0 Å². The topological polar surface area (TPSA) is 59.3 Å². The molecule has 0 bridgehead atoms. The molecule has 2 rings (SSSR count). The van der Waals surface area contributed by atoms with Crippen molar-refractivity contribution >= 4 is 17.9 Å². The molecule has 0 unspecified atom stereocenters. The van der Waals surface area contributed by atoms with Crippen LogP contribution in [0.25, 0.3) is 11.3 Å². The molecular weight excluding hydrogens is 256 g/mol. The van der Waals surface area contributed by atoms with Crippen LogP contribution in [0.1, 0.15) is 17.5 Å². The molecule has 0 saturated heterocycles. The first-order chi connectivity index (χ1) is 9.02. The fourth-order valence-electron chi connectivity index (χ4n) is 1.59. The normalized spacial score (nSPS) is 10.3. The second-order valence-electron chi connectivity index (χ2n) is 3.78. The number of carbonyl (C=O) groups is 2. The zero-order chi connectivity index (χ0) is 14.0. The quantitative estimate of drug-likeness (QED) is 0.868. The van der Waals surface area contributed by atoms with Gasteiger partial charge in [0.2, 0.25) is 5.91 Å². The van der Waals surface area contributed by atoms with Gasteiger partial charge >= 0.3 is 0 Å². The van der Waals surface area contributed by atoms with E-state index in [2.05, 4.69) is 5.32 Å². The first kappa shape index (κ1) is 12.9. The van der Waals surface area contributed by atoms with E-state index in [1.54, 1.807) is 0 Å². The van der Waals surface area contributed by atoms with Gasteiger partial charge in [-0.2, -0.15) is 0 Å². The third kappa shape index (κ3) is 2.52. The zero-order valence-electron chi connectivity index (χ0n) is 9.87. The molecule has 0 aliphatic heterocycles. The maximum Gasteiger partial charge on any atom is 0.221 e. The van der Waals surface area contributed by atoms with Crippen molar-refractivity contribution in [3.8, 4) is 11.3 Å². The van der Waals surface area contributed by atoms with Crippen LogP contribution >= 0.6 is 0 Å². The van der Waals surface area contributed by atoms with Crippen LogP contribution in [0.5, 0.6) is 0 Å². The predicted octanol–water partition coefficient (Wildman–Crippen LogP) is 3.00. The lowest BCUT2D eigenvalue weighted by Gasteiger charge is -2.08. The van der Waals surface area contributed by atoms with Crippen molar-refractivity contribution in [1.29, 1.82) is 0 Å². The summed E-state index contributed by atoms with van der Waals surface area (Å²) in [6.07, 6.45) is 0.472. The summed E-state index contributed by atoms with van der Waals surface area (Å²) in [4.78, 5) is 21.4. The third-order valence-corrected chi connectivity index (χ3v) is 2.40. The maximum atomic E-state index is 14.1. The number of benzene rings is 1. The third-order valence-electron chi connectivity index (χ3n) is 2.40. The number of hydrogen-bond donors (Lipinski definition) is 1. The van der Waals surface area contributed by atoms with E-state index >= 15 is 0 Å². The summed E-state index contributed by atoms with van der Waals surface area (Å²) < 4.78 is 32.6. The van der Waals surface area contributed by atoms with E-state index < -0.39 is 23.2 Å². The summed E-state index contributed by atoms with van der Waals surface area (Å²) in [6.45, 7) is 1.14. The minimum atomic E-state index is -0.956. The van der Waals surface area contributed by atoms with Gasteiger partial charge in [0.05, 0.1) is 5.56 Å². The fourth-order valence-corrected chi connectivity index (χ4v) is 1.59. The molecule has 0 aliphatic carbocycles. The summed E-state index contributed by atoms with van der Waals surface area (Å²) in [6, 6.07) is 4.93. The van der Waals surface area contributed by atoms with E-state index in [0.717, 1.165) is 13.0 Å². The summed E-state index contributed by atoms with van der Waals surface area (Å²) >= 11 is 0. The number of anilines is 1. The number of furan rings is 1. The van der Waals surface area contributed by atoms with Crippen LogP contribution in [0.2, 0.25) is 0 Å².